The normalized spacial score (nSPS) is 18.2. The highest BCUT2D eigenvalue weighted by Gasteiger charge is 2.45. The molecule has 0 bridgehead atoms. The van der Waals surface area contributed by atoms with Crippen molar-refractivity contribution < 1.29 is 0 Å². The molecule has 5 heterocycles. The summed E-state index contributed by atoms with van der Waals surface area (Å²) in [6.45, 7) is 0. The molecule has 0 amide bonds. The van der Waals surface area contributed by atoms with Crippen LogP contribution in [0.4, 0.5) is 11.4 Å². The molecule has 10 rings (SSSR count). The smallest absolute Gasteiger partial charge is 0.0862 e. The number of rotatable bonds is 2. The van der Waals surface area contributed by atoms with Crippen molar-refractivity contribution in [1.82, 2.24) is 9.13 Å². The van der Waals surface area contributed by atoms with Crippen LogP contribution in [0.3, 0.4) is 0 Å². The van der Waals surface area contributed by atoms with Crippen LogP contribution in [0.1, 0.15) is 11.6 Å². The van der Waals surface area contributed by atoms with Gasteiger partial charge in [-0.05, 0) is 48.5 Å². The summed E-state index contributed by atoms with van der Waals surface area (Å²) in [7, 11) is 0. The molecule has 0 radical (unpaired) electrons. The number of anilines is 2. The number of nitrogens with zero attached hydrogens (tertiary/aromatic N) is 3. The lowest BCUT2D eigenvalue weighted by atomic mass is 9.96. The van der Waals surface area contributed by atoms with Gasteiger partial charge in [0.05, 0.1) is 28.5 Å². The Balaban J connectivity index is 1.27. The van der Waals surface area contributed by atoms with Crippen LogP contribution in [-0.4, -0.2) is 15.2 Å². The fourth-order valence-electron chi connectivity index (χ4n) is 7.85. The van der Waals surface area contributed by atoms with Gasteiger partial charge in [-0.25, -0.2) is 0 Å². The van der Waals surface area contributed by atoms with Crippen molar-refractivity contribution in [2.75, 3.05) is 4.90 Å². The van der Waals surface area contributed by atoms with Crippen molar-refractivity contribution in [3.63, 3.8) is 0 Å². The van der Waals surface area contributed by atoms with E-state index >= 15 is 0 Å². The van der Waals surface area contributed by atoms with Gasteiger partial charge >= 0.3 is 0 Å². The Labute approximate surface area is 236 Å². The average molecular weight is 524 g/mol. The van der Waals surface area contributed by atoms with Crippen LogP contribution in [0.25, 0.3) is 49.9 Å². The van der Waals surface area contributed by atoms with E-state index in [1.165, 1.54) is 71.5 Å². The first kappa shape index (κ1) is 21.5. The highest BCUT2D eigenvalue weighted by Crippen LogP contribution is 2.50. The number of fused-ring (bicyclic) bond motifs is 10. The standard InChI is InChI=1S/C38H25N3/c1-2-11-24(12-3-1)39-31-17-8-6-14-27(31)30-23-25(21-22-34(30)39)40-33-18-9-7-16-29(33)36-37-28-15-5-4-13-26(28)32-19-10-20-35(38(36)40)41(32)37/h1-23,35,38H. The molecule has 3 aliphatic rings. The van der Waals surface area contributed by atoms with Gasteiger partial charge in [0.2, 0.25) is 0 Å². The largest absolute Gasteiger partial charge is 0.331 e. The third-order valence-electron chi connectivity index (χ3n) is 9.37. The van der Waals surface area contributed by atoms with Gasteiger partial charge in [0.15, 0.2) is 0 Å². The molecule has 3 heteroatoms. The van der Waals surface area contributed by atoms with E-state index in [2.05, 4.69) is 154 Å². The number of para-hydroxylation sites is 3. The Bertz CT molecular complexity index is 2390. The molecule has 2 unspecified atom stereocenters. The number of aromatic nitrogens is 2. The van der Waals surface area contributed by atoms with E-state index in [0.717, 1.165) is 0 Å². The molecule has 7 aromatic rings. The summed E-state index contributed by atoms with van der Waals surface area (Å²) >= 11 is 0. The van der Waals surface area contributed by atoms with E-state index in [0.29, 0.717) is 0 Å². The van der Waals surface area contributed by atoms with Crippen molar-refractivity contribution >= 4 is 55.6 Å². The Morgan fingerprint density at radius 1 is 0.561 bits per heavy atom. The van der Waals surface area contributed by atoms with Gasteiger partial charge in [-0.15, -0.1) is 0 Å². The molecule has 0 spiro atoms. The van der Waals surface area contributed by atoms with Gasteiger partial charge in [-0.2, -0.15) is 0 Å². The molecular weight excluding hydrogens is 498 g/mol. The zero-order valence-electron chi connectivity index (χ0n) is 22.3. The maximum Gasteiger partial charge on any atom is 0.0862 e. The zero-order chi connectivity index (χ0) is 26.7. The fourth-order valence-corrected chi connectivity index (χ4v) is 7.85. The van der Waals surface area contributed by atoms with Crippen molar-refractivity contribution in [2.24, 2.45) is 0 Å². The van der Waals surface area contributed by atoms with E-state index in [1.54, 1.807) is 0 Å². The van der Waals surface area contributed by atoms with Crippen LogP contribution in [-0.2, 0) is 0 Å². The van der Waals surface area contributed by atoms with Gasteiger partial charge < -0.3 is 14.0 Å². The monoisotopic (exact) mass is 523 g/mol. The molecule has 0 saturated carbocycles. The molecule has 41 heavy (non-hydrogen) atoms. The van der Waals surface area contributed by atoms with Crippen LogP contribution >= 0.6 is 0 Å². The molecule has 3 nitrogen and oxygen atoms in total. The van der Waals surface area contributed by atoms with Crippen LogP contribution in [0.15, 0.2) is 133 Å². The average Bonchev–Trinajstić information content (AvgIpc) is 3.75. The number of benzene rings is 5. The van der Waals surface area contributed by atoms with Crippen molar-refractivity contribution in [2.45, 2.75) is 12.1 Å². The maximum atomic E-state index is 2.60. The Morgan fingerprint density at radius 3 is 2.20 bits per heavy atom. The van der Waals surface area contributed by atoms with E-state index in [9.17, 15) is 0 Å². The second kappa shape index (κ2) is 7.67. The molecule has 0 aliphatic carbocycles. The molecule has 0 fully saturated rings. The molecule has 0 saturated heterocycles. The first-order chi connectivity index (χ1) is 20.4. The quantitative estimate of drug-likeness (QED) is 0.231. The molecule has 0 N–H and O–H groups in total. The fraction of sp³-hybridized carbons (Fsp3) is 0.0526. The Kier molecular flexibility index (Phi) is 4.03. The summed E-state index contributed by atoms with van der Waals surface area (Å²) in [6, 6.07) is 44.9. The lowest BCUT2D eigenvalue weighted by Crippen LogP contribution is -2.36. The Morgan fingerprint density at radius 2 is 1.29 bits per heavy atom. The highest BCUT2D eigenvalue weighted by molar-refractivity contribution is 6.11. The summed E-state index contributed by atoms with van der Waals surface area (Å²) < 4.78 is 4.98. The maximum absolute atomic E-state index is 2.60. The molecule has 2 aromatic heterocycles. The molecule has 192 valence electrons. The summed E-state index contributed by atoms with van der Waals surface area (Å²) in [6.07, 6.45) is 6.94. The van der Waals surface area contributed by atoms with Crippen molar-refractivity contribution in [3.8, 4) is 5.69 Å². The van der Waals surface area contributed by atoms with Crippen LogP contribution in [0.5, 0.6) is 0 Å². The summed E-state index contributed by atoms with van der Waals surface area (Å²) in [5, 5.41) is 7.95. The summed E-state index contributed by atoms with van der Waals surface area (Å²) in [4.78, 5) is 2.60. The number of hydrogen-bond acceptors (Lipinski definition) is 1. The van der Waals surface area contributed by atoms with Crippen molar-refractivity contribution in [1.29, 1.82) is 0 Å². The summed E-state index contributed by atoms with van der Waals surface area (Å²) in [5.74, 6) is 0. The number of allylic oxidation sites excluding steroid dienone is 1. The topological polar surface area (TPSA) is 13.1 Å². The van der Waals surface area contributed by atoms with Gasteiger partial charge in [-0.1, -0.05) is 91.0 Å². The minimum Gasteiger partial charge on any atom is -0.331 e. The second-order valence-corrected chi connectivity index (χ2v) is 11.3. The first-order valence-electron chi connectivity index (χ1n) is 14.4. The molecule has 5 aromatic carbocycles. The number of hydrogen-bond donors (Lipinski definition) is 0. The van der Waals surface area contributed by atoms with Gasteiger partial charge in [0.1, 0.15) is 0 Å². The van der Waals surface area contributed by atoms with Crippen LogP contribution in [0, 0.1) is 0 Å². The third kappa shape index (κ3) is 2.64. The highest BCUT2D eigenvalue weighted by atomic mass is 15.3. The van der Waals surface area contributed by atoms with Gasteiger partial charge in [-0.3, -0.25) is 0 Å². The van der Waals surface area contributed by atoms with E-state index in [-0.39, 0.29) is 12.1 Å². The van der Waals surface area contributed by atoms with Gasteiger partial charge in [0, 0.05) is 55.1 Å². The first-order valence-corrected chi connectivity index (χ1v) is 14.4. The van der Waals surface area contributed by atoms with Crippen LogP contribution < -0.4 is 15.6 Å². The zero-order valence-corrected chi connectivity index (χ0v) is 22.3. The predicted octanol–water partition coefficient (Wildman–Crippen LogP) is 7.36. The molecule has 3 aliphatic heterocycles. The third-order valence-corrected chi connectivity index (χ3v) is 9.37. The second-order valence-electron chi connectivity index (χ2n) is 11.3. The van der Waals surface area contributed by atoms with Gasteiger partial charge in [0.25, 0.3) is 0 Å². The SMILES string of the molecule is C1=CC2C3C(=c4c5ccccc5c(n42)=C1)c1ccccc1N3c1ccc2c(c1)c1ccccc1n2-c1ccccc1. The van der Waals surface area contributed by atoms with E-state index in [4.69, 9.17) is 0 Å². The van der Waals surface area contributed by atoms with Crippen LogP contribution in [0.2, 0.25) is 0 Å². The molecule has 2 atom stereocenters. The van der Waals surface area contributed by atoms with E-state index < -0.39 is 0 Å². The minimum absolute atomic E-state index is 0.204. The lowest BCUT2D eigenvalue weighted by Gasteiger charge is -2.32. The van der Waals surface area contributed by atoms with Crippen molar-refractivity contribution in [3.05, 3.63) is 150 Å². The minimum atomic E-state index is 0.204. The summed E-state index contributed by atoms with van der Waals surface area (Å²) in [5.41, 5.74) is 8.97. The Hall–Kier alpha value is -5.28. The molecular formula is C38H25N3. The lowest BCUT2D eigenvalue weighted by molar-refractivity contribution is 0.564. The predicted molar refractivity (Wildman–Crippen MR) is 169 cm³/mol. The van der Waals surface area contributed by atoms with E-state index in [1.807, 2.05) is 0 Å².